The Balaban J connectivity index is 2.11. The van der Waals surface area contributed by atoms with E-state index in [2.05, 4.69) is 5.32 Å². The first-order valence-electron chi connectivity index (χ1n) is 6.89. The van der Waals surface area contributed by atoms with E-state index < -0.39 is 5.97 Å². The Labute approximate surface area is 124 Å². The molecule has 0 aliphatic heterocycles. The first-order valence-corrected chi connectivity index (χ1v) is 6.89. The fourth-order valence-electron chi connectivity index (χ4n) is 1.59. The van der Waals surface area contributed by atoms with Crippen molar-refractivity contribution in [3.8, 4) is 5.75 Å². The summed E-state index contributed by atoms with van der Waals surface area (Å²) in [4.78, 5) is 23.4. The summed E-state index contributed by atoms with van der Waals surface area (Å²) in [6.07, 6.45) is 0.632. The minimum atomic E-state index is -0.916. The summed E-state index contributed by atoms with van der Waals surface area (Å²) in [5, 5.41) is 11.3. The molecule has 0 spiro atoms. The summed E-state index contributed by atoms with van der Waals surface area (Å²) in [6, 6.07) is 7.51. The van der Waals surface area contributed by atoms with Crippen molar-refractivity contribution in [1.82, 2.24) is 10.2 Å². The van der Waals surface area contributed by atoms with Crippen molar-refractivity contribution >= 4 is 12.0 Å². The monoisotopic (exact) mass is 294 g/mol. The van der Waals surface area contributed by atoms with E-state index in [4.69, 9.17) is 9.84 Å². The van der Waals surface area contributed by atoms with Crippen molar-refractivity contribution in [3.63, 3.8) is 0 Å². The van der Waals surface area contributed by atoms with Crippen LogP contribution in [0.3, 0.4) is 0 Å². The third kappa shape index (κ3) is 7.20. The average Bonchev–Trinajstić information content (AvgIpc) is 2.46. The molecule has 2 N–H and O–H groups in total. The average molecular weight is 294 g/mol. The highest BCUT2D eigenvalue weighted by atomic mass is 16.5. The van der Waals surface area contributed by atoms with Gasteiger partial charge in [0.05, 0.1) is 13.0 Å². The number of nitrogens with zero attached hydrogens (tertiary/aromatic N) is 1. The molecule has 0 fully saturated rings. The lowest BCUT2D eigenvalue weighted by molar-refractivity contribution is -0.137. The van der Waals surface area contributed by atoms with E-state index in [1.807, 2.05) is 31.2 Å². The van der Waals surface area contributed by atoms with Crippen LogP contribution in [0.4, 0.5) is 4.79 Å². The molecule has 21 heavy (non-hydrogen) atoms. The molecule has 1 rings (SSSR count). The Morgan fingerprint density at radius 2 is 1.95 bits per heavy atom. The Morgan fingerprint density at radius 3 is 2.57 bits per heavy atom. The molecule has 0 saturated heterocycles. The van der Waals surface area contributed by atoms with Crippen LogP contribution in [0.5, 0.6) is 5.75 Å². The molecule has 0 bridgehead atoms. The topological polar surface area (TPSA) is 78.9 Å². The number of nitrogens with one attached hydrogen (secondary N) is 1. The highest BCUT2D eigenvalue weighted by molar-refractivity contribution is 5.74. The first kappa shape index (κ1) is 16.8. The third-order valence-corrected chi connectivity index (χ3v) is 2.89. The van der Waals surface area contributed by atoms with Gasteiger partial charge in [-0.15, -0.1) is 0 Å². The highest BCUT2D eigenvalue weighted by Gasteiger charge is 2.08. The lowest BCUT2D eigenvalue weighted by Crippen LogP contribution is -2.39. The zero-order chi connectivity index (χ0) is 15.7. The van der Waals surface area contributed by atoms with Crippen LogP contribution in [-0.4, -0.2) is 48.8 Å². The largest absolute Gasteiger partial charge is 0.494 e. The molecule has 0 unspecified atom stereocenters. The molecule has 0 aliphatic carbocycles. The van der Waals surface area contributed by atoms with Gasteiger partial charge < -0.3 is 20.1 Å². The Bertz CT molecular complexity index is 459. The standard InChI is InChI=1S/C15H22N2O4/c1-12-4-6-13(7-5-12)21-11-3-9-16-15(20)17(2)10-8-14(18)19/h4-7H,3,8-11H2,1-2H3,(H,16,20)(H,18,19). The summed E-state index contributed by atoms with van der Waals surface area (Å²) in [5.74, 6) is -0.105. The van der Waals surface area contributed by atoms with Crippen LogP contribution in [-0.2, 0) is 4.79 Å². The Hall–Kier alpha value is -2.24. The molecular weight excluding hydrogens is 272 g/mol. The molecule has 0 aliphatic rings. The number of ether oxygens (including phenoxy) is 1. The third-order valence-electron chi connectivity index (χ3n) is 2.89. The van der Waals surface area contributed by atoms with Crippen LogP contribution in [0.2, 0.25) is 0 Å². The lowest BCUT2D eigenvalue weighted by Gasteiger charge is -2.16. The van der Waals surface area contributed by atoms with Crippen molar-refractivity contribution in [2.24, 2.45) is 0 Å². The predicted molar refractivity (Wildman–Crippen MR) is 79.6 cm³/mol. The molecule has 1 aromatic carbocycles. The molecule has 6 heteroatoms. The van der Waals surface area contributed by atoms with Gasteiger partial charge >= 0.3 is 12.0 Å². The number of benzene rings is 1. The van der Waals surface area contributed by atoms with Crippen molar-refractivity contribution < 1.29 is 19.4 Å². The minimum absolute atomic E-state index is 0.0551. The maximum Gasteiger partial charge on any atom is 0.317 e. The molecule has 0 aromatic heterocycles. The van der Waals surface area contributed by atoms with Gasteiger partial charge in [0.1, 0.15) is 5.75 Å². The molecule has 2 amide bonds. The van der Waals surface area contributed by atoms with Crippen molar-refractivity contribution in [1.29, 1.82) is 0 Å². The molecule has 1 aromatic rings. The van der Waals surface area contributed by atoms with Gasteiger partial charge in [-0.3, -0.25) is 4.79 Å². The number of hydrogen-bond acceptors (Lipinski definition) is 3. The molecule has 0 atom stereocenters. The zero-order valence-corrected chi connectivity index (χ0v) is 12.5. The minimum Gasteiger partial charge on any atom is -0.494 e. The van der Waals surface area contributed by atoms with Crippen molar-refractivity contribution in [3.05, 3.63) is 29.8 Å². The van der Waals surface area contributed by atoms with Crippen LogP contribution < -0.4 is 10.1 Å². The summed E-state index contributed by atoms with van der Waals surface area (Å²) in [5.41, 5.74) is 1.18. The van der Waals surface area contributed by atoms with E-state index in [0.717, 1.165) is 5.75 Å². The van der Waals surface area contributed by atoms with E-state index in [1.54, 1.807) is 7.05 Å². The van der Waals surface area contributed by atoms with E-state index in [1.165, 1.54) is 10.5 Å². The summed E-state index contributed by atoms with van der Waals surface area (Å²) in [6.45, 7) is 3.21. The number of carbonyl (C=O) groups excluding carboxylic acids is 1. The van der Waals surface area contributed by atoms with Gasteiger partial charge in [0.25, 0.3) is 0 Å². The van der Waals surface area contributed by atoms with Gasteiger partial charge in [-0.25, -0.2) is 4.79 Å². The summed E-state index contributed by atoms with van der Waals surface area (Å²) >= 11 is 0. The predicted octanol–water partition coefficient (Wildman–Crippen LogP) is 1.88. The number of urea groups is 1. The zero-order valence-electron chi connectivity index (χ0n) is 12.5. The van der Waals surface area contributed by atoms with Crippen LogP contribution in [0.1, 0.15) is 18.4 Å². The van der Waals surface area contributed by atoms with E-state index in [0.29, 0.717) is 19.6 Å². The molecule has 116 valence electrons. The first-order chi connectivity index (χ1) is 9.99. The SMILES string of the molecule is Cc1ccc(OCCCNC(=O)N(C)CCC(=O)O)cc1. The van der Waals surface area contributed by atoms with E-state index in [-0.39, 0.29) is 19.0 Å². The van der Waals surface area contributed by atoms with Crippen molar-refractivity contribution in [2.45, 2.75) is 19.8 Å². The van der Waals surface area contributed by atoms with Gasteiger partial charge in [0.2, 0.25) is 0 Å². The number of aryl methyl sites for hydroxylation is 1. The van der Waals surface area contributed by atoms with Gasteiger partial charge in [0, 0.05) is 20.1 Å². The molecule has 0 saturated carbocycles. The summed E-state index contributed by atoms with van der Waals surface area (Å²) < 4.78 is 5.54. The molecule has 6 nitrogen and oxygen atoms in total. The van der Waals surface area contributed by atoms with Crippen LogP contribution >= 0.6 is 0 Å². The van der Waals surface area contributed by atoms with Crippen LogP contribution in [0.15, 0.2) is 24.3 Å². The maximum absolute atomic E-state index is 11.6. The number of rotatable bonds is 8. The van der Waals surface area contributed by atoms with Gasteiger partial charge in [-0.1, -0.05) is 17.7 Å². The smallest absolute Gasteiger partial charge is 0.317 e. The summed E-state index contributed by atoms with van der Waals surface area (Å²) in [7, 11) is 1.57. The Kier molecular flexibility index (Phi) is 7.08. The van der Waals surface area contributed by atoms with Gasteiger partial charge in [0.15, 0.2) is 0 Å². The number of carboxylic acids is 1. The van der Waals surface area contributed by atoms with Gasteiger partial charge in [-0.2, -0.15) is 0 Å². The van der Waals surface area contributed by atoms with Gasteiger partial charge in [-0.05, 0) is 25.5 Å². The number of aliphatic carboxylic acids is 1. The van der Waals surface area contributed by atoms with E-state index in [9.17, 15) is 9.59 Å². The number of amides is 2. The Morgan fingerprint density at radius 1 is 1.29 bits per heavy atom. The van der Waals surface area contributed by atoms with Crippen LogP contribution in [0.25, 0.3) is 0 Å². The van der Waals surface area contributed by atoms with Crippen molar-refractivity contribution in [2.75, 3.05) is 26.7 Å². The normalized spacial score (nSPS) is 10.0. The maximum atomic E-state index is 11.6. The molecular formula is C15H22N2O4. The lowest BCUT2D eigenvalue weighted by atomic mass is 10.2. The van der Waals surface area contributed by atoms with E-state index >= 15 is 0 Å². The molecule has 0 radical (unpaired) electrons. The second-order valence-corrected chi connectivity index (χ2v) is 4.81. The highest BCUT2D eigenvalue weighted by Crippen LogP contribution is 2.11. The second-order valence-electron chi connectivity index (χ2n) is 4.81. The fourth-order valence-corrected chi connectivity index (χ4v) is 1.59. The number of carbonyl (C=O) groups is 2. The second kappa shape index (κ2) is 8.84. The quantitative estimate of drug-likeness (QED) is 0.718. The van der Waals surface area contributed by atoms with Crippen LogP contribution in [0, 0.1) is 6.92 Å². The number of hydrogen-bond donors (Lipinski definition) is 2. The fraction of sp³-hybridized carbons (Fsp3) is 0.467. The molecule has 0 heterocycles. The number of carboxylic acid groups (broad SMARTS) is 1.